The van der Waals surface area contributed by atoms with Crippen molar-refractivity contribution in [1.29, 1.82) is 0 Å². The average Bonchev–Trinajstić information content (AvgIpc) is 3.05. The lowest BCUT2D eigenvalue weighted by Gasteiger charge is -2.47. The second kappa shape index (κ2) is 8.76. The molecule has 0 spiro atoms. The van der Waals surface area contributed by atoms with E-state index in [9.17, 15) is 27.6 Å². The highest BCUT2D eigenvalue weighted by molar-refractivity contribution is 6.48. The Balaban J connectivity index is 1.63. The Morgan fingerprint density at radius 1 is 1.18 bits per heavy atom. The SMILES string of the molecule is CCC1(NC(=O)C(=O)c2c(Cl)c(C(=O)Nc3ccc(F)c(C)c3)c3n2CCCC3)CC(F)(F)C1. The van der Waals surface area contributed by atoms with Crippen LogP contribution in [0.3, 0.4) is 0 Å². The van der Waals surface area contributed by atoms with E-state index in [-0.39, 0.29) is 22.7 Å². The van der Waals surface area contributed by atoms with E-state index in [4.69, 9.17) is 11.6 Å². The van der Waals surface area contributed by atoms with Gasteiger partial charge in [0.25, 0.3) is 23.5 Å². The number of amides is 2. The van der Waals surface area contributed by atoms with Crippen LogP contribution >= 0.6 is 11.6 Å². The quantitative estimate of drug-likeness (QED) is 0.434. The Morgan fingerprint density at radius 2 is 1.88 bits per heavy atom. The first kappa shape index (κ1) is 24.3. The van der Waals surface area contributed by atoms with Crippen molar-refractivity contribution in [3.8, 4) is 0 Å². The number of hydrogen-bond donors (Lipinski definition) is 2. The molecule has 34 heavy (non-hydrogen) atoms. The third-order valence-electron chi connectivity index (χ3n) is 6.67. The number of Topliss-reactive ketones (excluding diaryl/α,β-unsaturated/α-hetero) is 1. The summed E-state index contributed by atoms with van der Waals surface area (Å²) in [4.78, 5) is 39.0. The minimum atomic E-state index is -2.87. The topological polar surface area (TPSA) is 80.2 Å². The number of anilines is 1. The van der Waals surface area contributed by atoms with E-state index in [1.165, 1.54) is 18.2 Å². The molecular formula is C24H25ClF3N3O3. The summed E-state index contributed by atoms with van der Waals surface area (Å²) in [5.74, 6) is -5.85. The fourth-order valence-corrected chi connectivity index (χ4v) is 5.22. The Bertz CT molecular complexity index is 1180. The van der Waals surface area contributed by atoms with Crippen LogP contribution in [0.1, 0.15) is 71.1 Å². The summed E-state index contributed by atoms with van der Waals surface area (Å²) in [6.45, 7) is 3.63. The van der Waals surface area contributed by atoms with E-state index in [0.717, 1.165) is 12.8 Å². The summed E-state index contributed by atoms with van der Waals surface area (Å²) in [5.41, 5.74) is 0.0651. The zero-order valence-corrected chi connectivity index (χ0v) is 19.6. The van der Waals surface area contributed by atoms with Crippen LogP contribution < -0.4 is 10.6 Å². The van der Waals surface area contributed by atoms with E-state index in [1.807, 2.05) is 0 Å². The fourth-order valence-electron chi connectivity index (χ4n) is 4.84. The van der Waals surface area contributed by atoms with Gasteiger partial charge in [-0.25, -0.2) is 13.2 Å². The molecule has 10 heteroatoms. The second-order valence-corrected chi connectivity index (χ2v) is 9.52. The lowest BCUT2D eigenvalue weighted by molar-refractivity contribution is -0.145. The second-order valence-electron chi connectivity index (χ2n) is 9.14. The Labute approximate surface area is 199 Å². The van der Waals surface area contributed by atoms with Crippen molar-refractivity contribution in [1.82, 2.24) is 9.88 Å². The van der Waals surface area contributed by atoms with E-state index in [1.54, 1.807) is 18.4 Å². The first-order valence-corrected chi connectivity index (χ1v) is 11.6. The van der Waals surface area contributed by atoms with Crippen molar-refractivity contribution in [2.24, 2.45) is 0 Å². The molecule has 1 aromatic carbocycles. The van der Waals surface area contributed by atoms with Crippen LogP contribution in [0, 0.1) is 12.7 Å². The molecule has 2 heterocycles. The number of benzene rings is 1. The molecule has 2 N–H and O–H groups in total. The summed E-state index contributed by atoms with van der Waals surface area (Å²) in [7, 11) is 0. The molecule has 4 rings (SSSR count). The minimum Gasteiger partial charge on any atom is -0.343 e. The van der Waals surface area contributed by atoms with E-state index < -0.39 is 47.7 Å². The number of nitrogens with zero attached hydrogens (tertiary/aromatic N) is 1. The van der Waals surface area contributed by atoms with Crippen LogP contribution in [0.5, 0.6) is 0 Å². The number of hydrogen-bond acceptors (Lipinski definition) is 3. The van der Waals surface area contributed by atoms with Crippen molar-refractivity contribution in [2.75, 3.05) is 5.32 Å². The van der Waals surface area contributed by atoms with Gasteiger partial charge in [-0.3, -0.25) is 14.4 Å². The van der Waals surface area contributed by atoms with Crippen LogP contribution in [-0.2, 0) is 17.8 Å². The predicted octanol–water partition coefficient (Wildman–Crippen LogP) is 5.05. The van der Waals surface area contributed by atoms with Gasteiger partial charge in [0, 0.05) is 30.8 Å². The number of aromatic nitrogens is 1. The first-order valence-electron chi connectivity index (χ1n) is 11.2. The lowest BCUT2D eigenvalue weighted by Crippen LogP contribution is -2.63. The van der Waals surface area contributed by atoms with Gasteiger partial charge < -0.3 is 15.2 Å². The molecule has 1 aliphatic carbocycles. The number of carbonyl (C=O) groups is 3. The van der Waals surface area contributed by atoms with Crippen molar-refractivity contribution in [3.63, 3.8) is 0 Å². The van der Waals surface area contributed by atoms with E-state index >= 15 is 0 Å². The maximum atomic E-state index is 13.6. The number of rotatable bonds is 6. The molecule has 0 saturated heterocycles. The number of ketones is 1. The Hall–Kier alpha value is -2.81. The van der Waals surface area contributed by atoms with Gasteiger partial charge in [-0.15, -0.1) is 0 Å². The largest absolute Gasteiger partial charge is 0.343 e. The summed E-state index contributed by atoms with van der Waals surface area (Å²) < 4.78 is 42.1. The number of nitrogens with one attached hydrogen (secondary N) is 2. The molecule has 2 aromatic rings. The van der Waals surface area contributed by atoms with Crippen molar-refractivity contribution < 1.29 is 27.6 Å². The smallest absolute Gasteiger partial charge is 0.294 e. The normalized spacial score (nSPS) is 17.9. The summed E-state index contributed by atoms with van der Waals surface area (Å²) >= 11 is 6.51. The van der Waals surface area contributed by atoms with E-state index in [0.29, 0.717) is 29.9 Å². The molecular weight excluding hydrogens is 471 g/mol. The highest BCUT2D eigenvalue weighted by atomic mass is 35.5. The molecule has 1 aromatic heterocycles. The minimum absolute atomic E-state index is 0.0832. The summed E-state index contributed by atoms with van der Waals surface area (Å²) in [6, 6.07) is 4.12. The standard InChI is InChI=1S/C24H25ClF3N3O3/c1-3-23(11-24(27,28)12-23)30-22(34)20(32)19-18(25)17(16-6-4-5-9-31(16)19)21(33)29-14-7-8-15(26)13(2)10-14/h7-8,10H,3-6,9,11-12H2,1-2H3,(H,29,33)(H,30,34). The number of fused-ring (bicyclic) bond motifs is 1. The van der Waals surface area contributed by atoms with Crippen LogP contribution in [0.4, 0.5) is 18.9 Å². The molecule has 0 unspecified atom stereocenters. The van der Waals surface area contributed by atoms with Gasteiger partial charge in [-0.1, -0.05) is 18.5 Å². The maximum Gasteiger partial charge on any atom is 0.294 e. The average molecular weight is 496 g/mol. The van der Waals surface area contributed by atoms with Crippen molar-refractivity contribution in [3.05, 3.63) is 51.6 Å². The molecule has 1 saturated carbocycles. The Morgan fingerprint density at radius 3 is 2.50 bits per heavy atom. The fraction of sp³-hybridized carbons (Fsp3) is 0.458. The van der Waals surface area contributed by atoms with Crippen LogP contribution in [0.2, 0.25) is 5.02 Å². The van der Waals surface area contributed by atoms with Crippen LogP contribution in [-0.4, -0.2) is 33.6 Å². The van der Waals surface area contributed by atoms with Crippen LogP contribution in [0.15, 0.2) is 18.2 Å². The van der Waals surface area contributed by atoms with Crippen molar-refractivity contribution in [2.45, 2.75) is 70.4 Å². The van der Waals surface area contributed by atoms with Crippen molar-refractivity contribution >= 4 is 34.9 Å². The van der Waals surface area contributed by atoms with Gasteiger partial charge in [0.05, 0.1) is 16.1 Å². The highest BCUT2D eigenvalue weighted by Crippen LogP contribution is 2.47. The highest BCUT2D eigenvalue weighted by Gasteiger charge is 2.56. The number of halogens is 4. The summed E-state index contributed by atoms with van der Waals surface area (Å²) in [6.07, 6.45) is 1.17. The van der Waals surface area contributed by atoms with E-state index in [2.05, 4.69) is 10.6 Å². The molecule has 1 aliphatic heterocycles. The third-order valence-corrected chi connectivity index (χ3v) is 7.04. The number of aryl methyl sites for hydroxylation is 1. The van der Waals surface area contributed by atoms with Gasteiger partial charge in [-0.05, 0) is 56.4 Å². The van der Waals surface area contributed by atoms with Gasteiger partial charge in [0.15, 0.2) is 0 Å². The summed E-state index contributed by atoms with van der Waals surface area (Å²) in [5, 5.41) is 5.00. The molecule has 0 atom stereocenters. The predicted molar refractivity (Wildman–Crippen MR) is 121 cm³/mol. The molecule has 182 valence electrons. The monoisotopic (exact) mass is 495 g/mol. The molecule has 0 radical (unpaired) electrons. The molecule has 6 nitrogen and oxygen atoms in total. The third kappa shape index (κ3) is 4.33. The van der Waals surface area contributed by atoms with Gasteiger partial charge in [0.2, 0.25) is 0 Å². The van der Waals surface area contributed by atoms with Gasteiger partial charge in [-0.2, -0.15) is 0 Å². The molecule has 0 bridgehead atoms. The van der Waals surface area contributed by atoms with Gasteiger partial charge in [0.1, 0.15) is 11.5 Å². The number of alkyl halides is 2. The Kier molecular flexibility index (Phi) is 6.27. The lowest BCUT2D eigenvalue weighted by atomic mass is 9.71. The maximum absolute atomic E-state index is 13.6. The molecule has 2 aliphatic rings. The molecule has 1 fully saturated rings. The molecule has 2 amide bonds. The zero-order valence-electron chi connectivity index (χ0n) is 18.9. The van der Waals surface area contributed by atoms with Crippen LogP contribution in [0.25, 0.3) is 0 Å². The van der Waals surface area contributed by atoms with Gasteiger partial charge >= 0.3 is 0 Å². The first-order chi connectivity index (χ1) is 16.0. The zero-order chi connectivity index (χ0) is 24.8. The number of carbonyl (C=O) groups excluding carboxylic acids is 3.